The molecule has 2 unspecified atom stereocenters. The van der Waals surface area contributed by atoms with Crippen LogP contribution in [0.15, 0.2) is 0 Å². The van der Waals surface area contributed by atoms with Gasteiger partial charge in [-0.3, -0.25) is 9.59 Å². The molecular formula is C12H20N2O4. The number of amides is 1. The predicted molar refractivity (Wildman–Crippen MR) is 64.1 cm³/mol. The lowest BCUT2D eigenvalue weighted by molar-refractivity contribution is -0.145. The summed E-state index contributed by atoms with van der Waals surface area (Å²) in [6.45, 7) is 1.02. The van der Waals surface area contributed by atoms with E-state index in [0.29, 0.717) is 25.4 Å². The Kier molecular flexibility index (Phi) is 4.19. The van der Waals surface area contributed by atoms with Gasteiger partial charge in [0.05, 0.1) is 12.1 Å². The van der Waals surface area contributed by atoms with Gasteiger partial charge in [-0.05, 0) is 25.2 Å². The van der Waals surface area contributed by atoms with Crippen LogP contribution in [-0.2, 0) is 14.3 Å². The van der Waals surface area contributed by atoms with Crippen LogP contribution in [0.5, 0.6) is 0 Å². The highest BCUT2D eigenvalue weighted by Gasteiger charge is 2.35. The number of hydrogen-bond acceptors (Lipinski definition) is 4. The highest BCUT2D eigenvalue weighted by molar-refractivity contribution is 5.85. The summed E-state index contributed by atoms with van der Waals surface area (Å²) in [5.74, 6) is -0.568. The number of carboxylic acids is 1. The lowest BCUT2D eigenvalue weighted by Crippen LogP contribution is -2.46. The molecule has 0 radical (unpaired) electrons. The minimum atomic E-state index is -0.953. The number of methoxy groups -OCH3 is 1. The molecule has 2 atom stereocenters. The van der Waals surface area contributed by atoms with E-state index >= 15 is 0 Å². The normalized spacial score (nSPS) is 27.2. The molecule has 102 valence electrons. The largest absolute Gasteiger partial charge is 0.480 e. The van der Waals surface area contributed by atoms with Crippen LogP contribution in [-0.4, -0.2) is 60.8 Å². The fraction of sp³-hybridized carbons (Fsp3) is 0.833. The zero-order valence-corrected chi connectivity index (χ0v) is 10.6. The van der Waals surface area contributed by atoms with Gasteiger partial charge in [0.25, 0.3) is 0 Å². The molecule has 0 spiro atoms. The first-order valence-corrected chi connectivity index (χ1v) is 6.37. The molecular weight excluding hydrogens is 236 g/mol. The quantitative estimate of drug-likeness (QED) is 0.681. The van der Waals surface area contributed by atoms with Crippen molar-refractivity contribution in [2.24, 2.45) is 5.92 Å². The Bertz CT molecular complexity index is 330. The van der Waals surface area contributed by atoms with Crippen molar-refractivity contribution in [3.63, 3.8) is 0 Å². The first kappa shape index (κ1) is 13.3. The monoisotopic (exact) mass is 256 g/mol. The van der Waals surface area contributed by atoms with Gasteiger partial charge < -0.3 is 20.1 Å². The fourth-order valence-electron chi connectivity index (χ4n) is 2.30. The van der Waals surface area contributed by atoms with E-state index < -0.39 is 5.97 Å². The van der Waals surface area contributed by atoms with Crippen LogP contribution in [0.1, 0.15) is 19.3 Å². The third-order valence-electron chi connectivity index (χ3n) is 3.54. The minimum Gasteiger partial charge on any atom is -0.480 e. The molecule has 1 amide bonds. The molecule has 6 nitrogen and oxygen atoms in total. The van der Waals surface area contributed by atoms with Gasteiger partial charge in [0.15, 0.2) is 0 Å². The van der Waals surface area contributed by atoms with Gasteiger partial charge in [0.2, 0.25) is 5.91 Å². The molecule has 2 rings (SSSR count). The Morgan fingerprint density at radius 3 is 2.67 bits per heavy atom. The van der Waals surface area contributed by atoms with Crippen LogP contribution in [0, 0.1) is 5.92 Å². The average molecular weight is 256 g/mol. The number of aliphatic carboxylic acids is 1. The molecule has 2 N–H and O–H groups in total. The van der Waals surface area contributed by atoms with E-state index in [2.05, 4.69) is 5.32 Å². The molecule has 2 fully saturated rings. The highest BCUT2D eigenvalue weighted by atomic mass is 16.5. The SMILES string of the molecule is COC1CNC(C(=O)N(CC(=O)O)CC2CC2)C1. The van der Waals surface area contributed by atoms with E-state index in [1.54, 1.807) is 7.11 Å². The van der Waals surface area contributed by atoms with Crippen LogP contribution in [0.2, 0.25) is 0 Å². The molecule has 0 aromatic carbocycles. The van der Waals surface area contributed by atoms with Crippen molar-refractivity contribution in [3.8, 4) is 0 Å². The Hall–Kier alpha value is -1.14. The van der Waals surface area contributed by atoms with Gasteiger partial charge in [-0.15, -0.1) is 0 Å². The number of nitrogens with zero attached hydrogens (tertiary/aromatic N) is 1. The lowest BCUT2D eigenvalue weighted by Gasteiger charge is -2.24. The number of carbonyl (C=O) groups is 2. The van der Waals surface area contributed by atoms with Gasteiger partial charge in [0, 0.05) is 20.2 Å². The highest BCUT2D eigenvalue weighted by Crippen LogP contribution is 2.30. The molecule has 0 bridgehead atoms. The Labute approximate surface area is 106 Å². The van der Waals surface area contributed by atoms with Crippen LogP contribution < -0.4 is 5.32 Å². The van der Waals surface area contributed by atoms with Crippen LogP contribution in [0.25, 0.3) is 0 Å². The summed E-state index contributed by atoms with van der Waals surface area (Å²) in [5.41, 5.74) is 0. The molecule has 1 aliphatic carbocycles. The number of ether oxygens (including phenoxy) is 1. The van der Waals surface area contributed by atoms with Crippen LogP contribution >= 0.6 is 0 Å². The van der Waals surface area contributed by atoms with Crippen molar-refractivity contribution in [2.45, 2.75) is 31.4 Å². The molecule has 1 heterocycles. The smallest absolute Gasteiger partial charge is 0.323 e. The van der Waals surface area contributed by atoms with E-state index in [4.69, 9.17) is 9.84 Å². The Morgan fingerprint density at radius 1 is 1.44 bits per heavy atom. The first-order valence-electron chi connectivity index (χ1n) is 6.37. The Balaban J connectivity index is 1.91. The van der Waals surface area contributed by atoms with Gasteiger partial charge >= 0.3 is 5.97 Å². The molecule has 6 heteroatoms. The zero-order chi connectivity index (χ0) is 13.1. The Morgan fingerprint density at radius 2 is 2.17 bits per heavy atom. The molecule has 1 saturated heterocycles. The average Bonchev–Trinajstić information content (AvgIpc) is 3.01. The number of rotatable bonds is 6. The van der Waals surface area contributed by atoms with Gasteiger partial charge in [0.1, 0.15) is 6.54 Å². The molecule has 18 heavy (non-hydrogen) atoms. The first-order chi connectivity index (χ1) is 8.60. The van der Waals surface area contributed by atoms with Crippen molar-refractivity contribution in [2.75, 3.05) is 26.7 Å². The molecule has 0 aromatic heterocycles. The van der Waals surface area contributed by atoms with E-state index in [9.17, 15) is 9.59 Å². The molecule has 1 saturated carbocycles. The van der Waals surface area contributed by atoms with E-state index in [1.165, 1.54) is 4.90 Å². The summed E-state index contributed by atoms with van der Waals surface area (Å²) in [6, 6.07) is -0.298. The third kappa shape index (κ3) is 3.43. The van der Waals surface area contributed by atoms with Crippen molar-refractivity contribution >= 4 is 11.9 Å². The van der Waals surface area contributed by atoms with Crippen molar-refractivity contribution in [1.82, 2.24) is 10.2 Å². The maximum absolute atomic E-state index is 12.3. The summed E-state index contributed by atoms with van der Waals surface area (Å²) in [5, 5.41) is 12.0. The summed E-state index contributed by atoms with van der Waals surface area (Å²) in [6.07, 6.45) is 2.87. The zero-order valence-electron chi connectivity index (χ0n) is 10.6. The summed E-state index contributed by atoms with van der Waals surface area (Å²) < 4.78 is 5.20. The summed E-state index contributed by atoms with van der Waals surface area (Å²) >= 11 is 0. The van der Waals surface area contributed by atoms with Crippen molar-refractivity contribution in [3.05, 3.63) is 0 Å². The number of carboxylic acid groups (broad SMARTS) is 1. The van der Waals surface area contributed by atoms with Crippen molar-refractivity contribution in [1.29, 1.82) is 0 Å². The van der Waals surface area contributed by atoms with Gasteiger partial charge in [-0.2, -0.15) is 0 Å². The predicted octanol–water partition coefficient (Wildman–Crippen LogP) is -0.313. The second-order valence-corrected chi connectivity index (χ2v) is 5.11. The maximum atomic E-state index is 12.3. The second kappa shape index (κ2) is 5.67. The number of hydrogen-bond donors (Lipinski definition) is 2. The van der Waals surface area contributed by atoms with E-state index in [0.717, 1.165) is 12.8 Å². The van der Waals surface area contributed by atoms with Crippen LogP contribution in [0.3, 0.4) is 0 Å². The fourth-order valence-corrected chi connectivity index (χ4v) is 2.30. The van der Waals surface area contributed by atoms with Crippen molar-refractivity contribution < 1.29 is 19.4 Å². The van der Waals surface area contributed by atoms with E-state index in [-0.39, 0.29) is 24.6 Å². The topological polar surface area (TPSA) is 78.9 Å². The van der Waals surface area contributed by atoms with Gasteiger partial charge in [-0.1, -0.05) is 0 Å². The summed E-state index contributed by atoms with van der Waals surface area (Å²) in [7, 11) is 1.62. The number of nitrogens with one attached hydrogen (secondary N) is 1. The summed E-state index contributed by atoms with van der Waals surface area (Å²) in [4.78, 5) is 24.5. The molecule has 0 aromatic rings. The van der Waals surface area contributed by atoms with Crippen LogP contribution in [0.4, 0.5) is 0 Å². The minimum absolute atomic E-state index is 0.0477. The maximum Gasteiger partial charge on any atom is 0.323 e. The molecule has 2 aliphatic rings. The standard InChI is InChI=1S/C12H20N2O4/c1-18-9-4-10(13-5-9)12(17)14(7-11(15)16)6-8-2-3-8/h8-10,13H,2-7H2,1H3,(H,15,16). The third-order valence-corrected chi connectivity index (χ3v) is 3.54. The molecule has 1 aliphatic heterocycles. The van der Waals surface area contributed by atoms with Gasteiger partial charge in [-0.25, -0.2) is 0 Å². The second-order valence-electron chi connectivity index (χ2n) is 5.11. The number of carbonyl (C=O) groups excluding carboxylic acids is 1. The lowest BCUT2D eigenvalue weighted by atomic mass is 10.1. The van der Waals surface area contributed by atoms with E-state index in [1.807, 2.05) is 0 Å².